The minimum Gasteiger partial charge on any atom is -0.379 e. The molecule has 0 aliphatic carbocycles. The van der Waals surface area contributed by atoms with E-state index < -0.39 is 11.6 Å². The fourth-order valence-corrected chi connectivity index (χ4v) is 1.45. The molecule has 0 heterocycles. The Balaban J connectivity index is 2.08. The zero-order valence-corrected chi connectivity index (χ0v) is 8.88. The van der Waals surface area contributed by atoms with Crippen molar-refractivity contribution in [2.24, 2.45) is 0 Å². The average Bonchev–Trinajstić information content (AvgIpc) is 2.32. The van der Waals surface area contributed by atoms with Crippen molar-refractivity contribution in [1.29, 1.82) is 0 Å². The summed E-state index contributed by atoms with van der Waals surface area (Å²) in [5.74, 6) is -2.17. The van der Waals surface area contributed by atoms with Crippen molar-refractivity contribution in [3.05, 3.63) is 65.5 Å². The average molecular weight is 237 g/mol. The number of halogens is 3. The Morgan fingerprint density at radius 1 is 0.824 bits per heavy atom. The van der Waals surface area contributed by atoms with Crippen LogP contribution in [0.5, 0.6) is 0 Å². The highest BCUT2D eigenvalue weighted by molar-refractivity contribution is 5.44. The maximum absolute atomic E-state index is 13.2. The van der Waals surface area contributed by atoms with Crippen LogP contribution in [0.15, 0.2) is 42.5 Å². The van der Waals surface area contributed by atoms with E-state index >= 15 is 0 Å². The SMILES string of the molecule is Fc1ccc(CNc2ccccc2F)cc1F. The van der Waals surface area contributed by atoms with Crippen LogP contribution >= 0.6 is 0 Å². The van der Waals surface area contributed by atoms with E-state index in [-0.39, 0.29) is 12.4 Å². The molecular formula is C13H10F3N. The highest BCUT2D eigenvalue weighted by atomic mass is 19.2. The number of hydrogen-bond acceptors (Lipinski definition) is 1. The van der Waals surface area contributed by atoms with E-state index in [0.29, 0.717) is 11.3 Å². The van der Waals surface area contributed by atoms with Crippen LogP contribution in [-0.4, -0.2) is 0 Å². The van der Waals surface area contributed by atoms with Crippen molar-refractivity contribution < 1.29 is 13.2 Å². The molecule has 0 saturated heterocycles. The molecular weight excluding hydrogens is 227 g/mol. The van der Waals surface area contributed by atoms with Crippen LogP contribution in [0.4, 0.5) is 18.9 Å². The number of nitrogens with one attached hydrogen (secondary N) is 1. The molecule has 0 aliphatic heterocycles. The summed E-state index contributed by atoms with van der Waals surface area (Å²) in [6, 6.07) is 9.76. The van der Waals surface area contributed by atoms with Crippen LogP contribution < -0.4 is 5.32 Å². The fourth-order valence-electron chi connectivity index (χ4n) is 1.45. The number of para-hydroxylation sites is 1. The molecule has 0 saturated carbocycles. The molecule has 0 unspecified atom stereocenters. The van der Waals surface area contributed by atoms with Gasteiger partial charge in [-0.1, -0.05) is 18.2 Å². The number of benzene rings is 2. The lowest BCUT2D eigenvalue weighted by molar-refractivity contribution is 0.507. The van der Waals surface area contributed by atoms with Gasteiger partial charge in [-0.25, -0.2) is 13.2 Å². The Hall–Kier alpha value is -1.97. The van der Waals surface area contributed by atoms with E-state index in [2.05, 4.69) is 5.32 Å². The summed E-state index contributed by atoms with van der Waals surface area (Å²) in [4.78, 5) is 0. The molecule has 17 heavy (non-hydrogen) atoms. The van der Waals surface area contributed by atoms with Crippen molar-refractivity contribution >= 4 is 5.69 Å². The maximum Gasteiger partial charge on any atom is 0.159 e. The molecule has 0 fully saturated rings. The second-order valence-corrected chi connectivity index (χ2v) is 3.58. The lowest BCUT2D eigenvalue weighted by atomic mass is 10.2. The van der Waals surface area contributed by atoms with Crippen LogP contribution in [0.2, 0.25) is 0 Å². The Kier molecular flexibility index (Phi) is 3.32. The molecule has 0 amide bonds. The van der Waals surface area contributed by atoms with E-state index in [1.807, 2.05) is 0 Å². The predicted molar refractivity (Wildman–Crippen MR) is 60.1 cm³/mol. The van der Waals surface area contributed by atoms with Crippen LogP contribution in [0.1, 0.15) is 5.56 Å². The Labute approximate surface area is 96.9 Å². The van der Waals surface area contributed by atoms with Crippen molar-refractivity contribution in [2.45, 2.75) is 6.54 Å². The van der Waals surface area contributed by atoms with Gasteiger partial charge in [-0.15, -0.1) is 0 Å². The third-order valence-corrected chi connectivity index (χ3v) is 2.34. The van der Waals surface area contributed by atoms with Crippen molar-refractivity contribution in [1.82, 2.24) is 0 Å². The van der Waals surface area contributed by atoms with Crippen LogP contribution in [0.3, 0.4) is 0 Å². The standard InChI is InChI=1S/C13H10F3N/c14-10-6-5-9(7-12(10)16)8-17-13-4-2-1-3-11(13)15/h1-7,17H,8H2. The largest absolute Gasteiger partial charge is 0.379 e. The van der Waals surface area contributed by atoms with Crippen molar-refractivity contribution in [3.63, 3.8) is 0 Å². The van der Waals surface area contributed by atoms with Gasteiger partial charge in [-0.05, 0) is 29.8 Å². The van der Waals surface area contributed by atoms with E-state index in [4.69, 9.17) is 0 Å². The van der Waals surface area contributed by atoms with Gasteiger partial charge < -0.3 is 5.32 Å². The zero-order valence-electron chi connectivity index (χ0n) is 8.88. The first-order valence-corrected chi connectivity index (χ1v) is 5.09. The van der Waals surface area contributed by atoms with Gasteiger partial charge in [-0.2, -0.15) is 0 Å². The molecule has 2 aromatic carbocycles. The van der Waals surface area contributed by atoms with Crippen molar-refractivity contribution in [3.8, 4) is 0 Å². The van der Waals surface area contributed by atoms with Gasteiger partial charge >= 0.3 is 0 Å². The lowest BCUT2D eigenvalue weighted by Gasteiger charge is -2.07. The molecule has 88 valence electrons. The third-order valence-electron chi connectivity index (χ3n) is 2.34. The van der Waals surface area contributed by atoms with Gasteiger partial charge in [0, 0.05) is 6.54 Å². The smallest absolute Gasteiger partial charge is 0.159 e. The normalized spacial score (nSPS) is 10.3. The first kappa shape index (κ1) is 11.5. The second kappa shape index (κ2) is 4.91. The quantitative estimate of drug-likeness (QED) is 0.857. The third kappa shape index (κ3) is 2.78. The molecule has 1 N–H and O–H groups in total. The predicted octanol–water partition coefficient (Wildman–Crippen LogP) is 3.72. The molecule has 0 radical (unpaired) electrons. The molecule has 0 bridgehead atoms. The molecule has 4 heteroatoms. The summed E-state index contributed by atoms with van der Waals surface area (Å²) in [5, 5.41) is 2.81. The Morgan fingerprint density at radius 2 is 1.59 bits per heavy atom. The van der Waals surface area contributed by atoms with Gasteiger partial charge in [0.2, 0.25) is 0 Å². The van der Waals surface area contributed by atoms with E-state index in [9.17, 15) is 13.2 Å². The highest BCUT2D eigenvalue weighted by Crippen LogP contribution is 2.15. The molecule has 1 nitrogen and oxygen atoms in total. The van der Waals surface area contributed by atoms with E-state index in [1.54, 1.807) is 18.2 Å². The van der Waals surface area contributed by atoms with Crippen LogP contribution in [0.25, 0.3) is 0 Å². The first-order chi connectivity index (χ1) is 8.16. The van der Waals surface area contributed by atoms with Gasteiger partial charge in [-0.3, -0.25) is 0 Å². The number of rotatable bonds is 3. The van der Waals surface area contributed by atoms with Gasteiger partial charge in [0.1, 0.15) is 5.82 Å². The molecule has 2 rings (SSSR count). The molecule has 2 aromatic rings. The molecule has 0 aromatic heterocycles. The van der Waals surface area contributed by atoms with Gasteiger partial charge in [0.25, 0.3) is 0 Å². The second-order valence-electron chi connectivity index (χ2n) is 3.58. The lowest BCUT2D eigenvalue weighted by Crippen LogP contribution is -2.02. The summed E-state index contributed by atoms with van der Waals surface area (Å²) >= 11 is 0. The van der Waals surface area contributed by atoms with Crippen LogP contribution in [0, 0.1) is 17.5 Å². The Morgan fingerprint density at radius 3 is 2.29 bits per heavy atom. The molecule has 0 atom stereocenters. The summed E-state index contributed by atoms with van der Waals surface area (Å²) in [7, 11) is 0. The Bertz CT molecular complexity index is 526. The van der Waals surface area contributed by atoms with E-state index in [1.165, 1.54) is 12.1 Å². The summed E-state index contributed by atoms with van der Waals surface area (Å²) in [5.41, 5.74) is 0.879. The van der Waals surface area contributed by atoms with E-state index in [0.717, 1.165) is 12.1 Å². The minimum absolute atomic E-state index is 0.234. The monoisotopic (exact) mass is 237 g/mol. The van der Waals surface area contributed by atoms with Crippen molar-refractivity contribution in [2.75, 3.05) is 5.32 Å². The maximum atomic E-state index is 13.2. The van der Waals surface area contributed by atoms with Crippen LogP contribution in [-0.2, 0) is 6.54 Å². The molecule has 0 spiro atoms. The zero-order chi connectivity index (χ0) is 12.3. The van der Waals surface area contributed by atoms with Gasteiger partial charge in [0.05, 0.1) is 5.69 Å². The topological polar surface area (TPSA) is 12.0 Å². The minimum atomic E-state index is -0.905. The first-order valence-electron chi connectivity index (χ1n) is 5.09. The fraction of sp³-hybridized carbons (Fsp3) is 0.0769. The summed E-state index contributed by atoms with van der Waals surface area (Å²) in [6.07, 6.45) is 0. The van der Waals surface area contributed by atoms with Gasteiger partial charge in [0.15, 0.2) is 11.6 Å². The highest BCUT2D eigenvalue weighted by Gasteiger charge is 2.03. The summed E-state index contributed by atoms with van der Waals surface area (Å²) < 4.78 is 38.8. The summed E-state index contributed by atoms with van der Waals surface area (Å²) in [6.45, 7) is 0.234. The molecule has 0 aliphatic rings. The number of anilines is 1. The number of hydrogen-bond donors (Lipinski definition) is 1.